The standard InChI is InChI=1S/C12H13FN2O3/c1-2-10-14-15-11(18-10)7-17-12-8(6-16)4-3-5-9(12)13/h3-5,16H,2,6-7H2,1H3. The Morgan fingerprint density at radius 1 is 1.33 bits per heavy atom. The number of aliphatic hydroxyl groups excluding tert-OH is 1. The van der Waals surface area contributed by atoms with Crippen LogP contribution in [0.15, 0.2) is 22.6 Å². The first kappa shape index (κ1) is 12.5. The highest BCUT2D eigenvalue weighted by molar-refractivity contribution is 5.34. The van der Waals surface area contributed by atoms with Crippen LogP contribution in [-0.2, 0) is 19.6 Å². The molecule has 0 aliphatic rings. The van der Waals surface area contributed by atoms with Gasteiger partial charge in [-0.1, -0.05) is 19.1 Å². The van der Waals surface area contributed by atoms with E-state index >= 15 is 0 Å². The van der Waals surface area contributed by atoms with E-state index in [1.807, 2.05) is 6.92 Å². The van der Waals surface area contributed by atoms with Gasteiger partial charge in [0.15, 0.2) is 18.2 Å². The first-order chi connectivity index (χ1) is 8.74. The Balaban J connectivity index is 2.10. The summed E-state index contributed by atoms with van der Waals surface area (Å²) < 4.78 is 24.0. The molecule has 0 aliphatic heterocycles. The molecule has 5 nitrogen and oxygen atoms in total. The highest BCUT2D eigenvalue weighted by Crippen LogP contribution is 2.23. The summed E-state index contributed by atoms with van der Waals surface area (Å²) in [7, 11) is 0. The lowest BCUT2D eigenvalue weighted by atomic mass is 10.2. The highest BCUT2D eigenvalue weighted by Gasteiger charge is 2.11. The summed E-state index contributed by atoms with van der Waals surface area (Å²) in [6, 6.07) is 4.36. The van der Waals surface area contributed by atoms with Crippen molar-refractivity contribution >= 4 is 0 Å². The number of benzene rings is 1. The van der Waals surface area contributed by atoms with Crippen molar-refractivity contribution in [2.45, 2.75) is 26.6 Å². The number of ether oxygens (including phenoxy) is 1. The number of hydrogen-bond acceptors (Lipinski definition) is 5. The molecule has 0 atom stereocenters. The molecule has 1 aromatic carbocycles. The van der Waals surface area contributed by atoms with Gasteiger partial charge >= 0.3 is 0 Å². The molecule has 0 saturated heterocycles. The van der Waals surface area contributed by atoms with Crippen LogP contribution in [0.4, 0.5) is 4.39 Å². The number of aliphatic hydroxyl groups is 1. The van der Waals surface area contributed by atoms with E-state index < -0.39 is 5.82 Å². The summed E-state index contributed by atoms with van der Waals surface area (Å²) in [6.07, 6.45) is 0.634. The number of rotatable bonds is 5. The third kappa shape index (κ3) is 2.65. The molecule has 96 valence electrons. The third-order valence-electron chi connectivity index (χ3n) is 2.37. The van der Waals surface area contributed by atoms with Crippen LogP contribution in [0.1, 0.15) is 24.3 Å². The number of aromatic nitrogens is 2. The molecule has 0 aliphatic carbocycles. The van der Waals surface area contributed by atoms with Gasteiger partial charge in [0.2, 0.25) is 5.89 Å². The van der Waals surface area contributed by atoms with Crippen molar-refractivity contribution in [2.75, 3.05) is 0 Å². The van der Waals surface area contributed by atoms with E-state index in [0.29, 0.717) is 17.9 Å². The first-order valence-corrected chi connectivity index (χ1v) is 5.57. The summed E-state index contributed by atoms with van der Waals surface area (Å²) in [4.78, 5) is 0. The Kier molecular flexibility index (Phi) is 3.88. The van der Waals surface area contributed by atoms with Crippen LogP contribution in [0.3, 0.4) is 0 Å². The summed E-state index contributed by atoms with van der Waals surface area (Å²) in [6.45, 7) is 1.57. The van der Waals surface area contributed by atoms with Crippen molar-refractivity contribution in [3.8, 4) is 5.75 Å². The van der Waals surface area contributed by atoms with Gasteiger partial charge in [-0.2, -0.15) is 0 Å². The van der Waals surface area contributed by atoms with Gasteiger partial charge in [0.1, 0.15) is 0 Å². The van der Waals surface area contributed by atoms with Crippen molar-refractivity contribution in [1.82, 2.24) is 10.2 Å². The monoisotopic (exact) mass is 252 g/mol. The Bertz CT molecular complexity index is 528. The Morgan fingerprint density at radius 2 is 2.11 bits per heavy atom. The SMILES string of the molecule is CCc1nnc(COc2c(F)cccc2CO)o1. The predicted molar refractivity (Wildman–Crippen MR) is 60.3 cm³/mol. The van der Waals surface area contributed by atoms with E-state index in [-0.39, 0.29) is 24.9 Å². The van der Waals surface area contributed by atoms with Gasteiger partial charge in [0.25, 0.3) is 5.89 Å². The van der Waals surface area contributed by atoms with E-state index in [2.05, 4.69) is 10.2 Å². The van der Waals surface area contributed by atoms with E-state index in [1.165, 1.54) is 12.1 Å². The van der Waals surface area contributed by atoms with Crippen molar-refractivity contribution < 1.29 is 18.7 Å². The number of hydrogen-bond donors (Lipinski definition) is 1. The molecule has 2 rings (SSSR count). The highest BCUT2D eigenvalue weighted by atomic mass is 19.1. The average Bonchev–Trinajstić information content (AvgIpc) is 2.85. The molecule has 0 spiro atoms. The van der Waals surface area contributed by atoms with Gasteiger partial charge in [-0.3, -0.25) is 0 Å². The summed E-state index contributed by atoms with van der Waals surface area (Å²) in [5.41, 5.74) is 0.380. The van der Waals surface area contributed by atoms with Crippen LogP contribution in [-0.4, -0.2) is 15.3 Å². The summed E-state index contributed by atoms with van der Waals surface area (Å²) in [5, 5.41) is 16.6. The lowest BCUT2D eigenvalue weighted by molar-refractivity contribution is 0.230. The number of nitrogens with zero attached hydrogens (tertiary/aromatic N) is 2. The van der Waals surface area contributed by atoms with E-state index in [4.69, 9.17) is 14.3 Å². The van der Waals surface area contributed by atoms with Crippen LogP contribution in [0.2, 0.25) is 0 Å². The Morgan fingerprint density at radius 3 is 2.78 bits per heavy atom. The second-order valence-corrected chi connectivity index (χ2v) is 3.62. The minimum Gasteiger partial charge on any atom is -0.480 e. The van der Waals surface area contributed by atoms with Crippen molar-refractivity contribution in [2.24, 2.45) is 0 Å². The second kappa shape index (κ2) is 5.59. The minimum atomic E-state index is -0.531. The first-order valence-electron chi connectivity index (χ1n) is 5.57. The Hall–Kier alpha value is -1.95. The maximum atomic E-state index is 13.5. The smallest absolute Gasteiger partial charge is 0.253 e. The lowest BCUT2D eigenvalue weighted by Crippen LogP contribution is -2.01. The largest absolute Gasteiger partial charge is 0.480 e. The summed E-state index contributed by atoms with van der Waals surface area (Å²) in [5.74, 6) is 0.261. The maximum Gasteiger partial charge on any atom is 0.253 e. The zero-order valence-electron chi connectivity index (χ0n) is 9.89. The molecule has 6 heteroatoms. The number of para-hydroxylation sites is 1. The molecular weight excluding hydrogens is 239 g/mol. The molecule has 1 aromatic heterocycles. The van der Waals surface area contributed by atoms with Gasteiger partial charge in [0, 0.05) is 12.0 Å². The van der Waals surface area contributed by atoms with Crippen molar-refractivity contribution in [3.63, 3.8) is 0 Å². The molecule has 0 unspecified atom stereocenters. The van der Waals surface area contributed by atoms with Crippen LogP contribution < -0.4 is 4.74 Å². The quantitative estimate of drug-likeness (QED) is 0.879. The van der Waals surface area contributed by atoms with Gasteiger partial charge in [0.05, 0.1) is 6.61 Å². The Labute approximate surface area is 103 Å². The fraction of sp³-hybridized carbons (Fsp3) is 0.333. The zero-order valence-corrected chi connectivity index (χ0v) is 9.89. The van der Waals surface area contributed by atoms with Crippen LogP contribution in [0, 0.1) is 5.82 Å². The number of aryl methyl sites for hydroxylation is 1. The van der Waals surface area contributed by atoms with Crippen molar-refractivity contribution in [3.05, 3.63) is 41.4 Å². The predicted octanol–water partition coefficient (Wildman–Crippen LogP) is 1.84. The van der Waals surface area contributed by atoms with Crippen molar-refractivity contribution in [1.29, 1.82) is 0 Å². The molecular formula is C12H13FN2O3. The minimum absolute atomic E-state index is 0.0104. The fourth-order valence-corrected chi connectivity index (χ4v) is 1.46. The van der Waals surface area contributed by atoms with E-state index in [9.17, 15) is 4.39 Å². The normalized spacial score (nSPS) is 10.6. The molecule has 18 heavy (non-hydrogen) atoms. The molecule has 0 amide bonds. The molecule has 0 bridgehead atoms. The van der Waals surface area contributed by atoms with Crippen LogP contribution >= 0.6 is 0 Å². The zero-order chi connectivity index (χ0) is 13.0. The molecule has 0 saturated carbocycles. The number of halogens is 1. The molecule has 0 fully saturated rings. The fourth-order valence-electron chi connectivity index (χ4n) is 1.46. The molecule has 1 heterocycles. The molecule has 1 N–H and O–H groups in total. The van der Waals surface area contributed by atoms with Gasteiger partial charge < -0.3 is 14.3 Å². The maximum absolute atomic E-state index is 13.5. The average molecular weight is 252 g/mol. The molecule has 2 aromatic rings. The van der Waals surface area contributed by atoms with Gasteiger partial charge in [-0.05, 0) is 6.07 Å². The topological polar surface area (TPSA) is 68.4 Å². The lowest BCUT2D eigenvalue weighted by Gasteiger charge is -2.08. The van der Waals surface area contributed by atoms with E-state index in [1.54, 1.807) is 6.07 Å². The van der Waals surface area contributed by atoms with Gasteiger partial charge in [-0.15, -0.1) is 10.2 Å². The van der Waals surface area contributed by atoms with Gasteiger partial charge in [-0.25, -0.2) is 4.39 Å². The molecule has 0 radical (unpaired) electrons. The summed E-state index contributed by atoms with van der Waals surface area (Å²) >= 11 is 0. The van der Waals surface area contributed by atoms with Crippen LogP contribution in [0.25, 0.3) is 0 Å². The second-order valence-electron chi connectivity index (χ2n) is 3.62. The third-order valence-corrected chi connectivity index (χ3v) is 2.37. The van der Waals surface area contributed by atoms with Crippen LogP contribution in [0.5, 0.6) is 5.75 Å². The van der Waals surface area contributed by atoms with E-state index in [0.717, 1.165) is 0 Å².